The summed E-state index contributed by atoms with van der Waals surface area (Å²) in [6.07, 6.45) is 6.26. The molecule has 2 rings (SSSR count). The van der Waals surface area contributed by atoms with Crippen LogP contribution in [-0.4, -0.2) is 36.4 Å². The first-order valence-corrected chi connectivity index (χ1v) is 7.56. The van der Waals surface area contributed by atoms with E-state index >= 15 is 0 Å². The predicted molar refractivity (Wildman–Crippen MR) is 74.0 cm³/mol. The van der Waals surface area contributed by atoms with Gasteiger partial charge in [-0.15, -0.1) is 0 Å². The number of carbonyl (C=O) groups excluding carboxylic acids is 1. The molecule has 1 aliphatic carbocycles. The van der Waals surface area contributed by atoms with E-state index in [2.05, 4.69) is 19.2 Å². The summed E-state index contributed by atoms with van der Waals surface area (Å²) in [5, 5.41) is 3.62. The second-order valence-corrected chi connectivity index (χ2v) is 6.46. The van der Waals surface area contributed by atoms with Crippen LogP contribution in [0.4, 0.5) is 0 Å². The number of hydrogen-bond acceptors (Lipinski definition) is 4. The molecule has 2 aliphatic rings. The first-order chi connectivity index (χ1) is 8.97. The lowest BCUT2D eigenvalue weighted by Gasteiger charge is -2.44. The number of esters is 1. The van der Waals surface area contributed by atoms with E-state index in [0.717, 1.165) is 0 Å². The van der Waals surface area contributed by atoms with Gasteiger partial charge in [0, 0.05) is 19.1 Å². The fourth-order valence-electron chi connectivity index (χ4n) is 3.45. The van der Waals surface area contributed by atoms with Crippen LogP contribution in [0.15, 0.2) is 0 Å². The van der Waals surface area contributed by atoms with E-state index in [4.69, 9.17) is 9.47 Å². The molecule has 19 heavy (non-hydrogen) atoms. The zero-order chi connectivity index (χ0) is 13.9. The Morgan fingerprint density at radius 3 is 2.63 bits per heavy atom. The molecule has 1 saturated carbocycles. The highest BCUT2D eigenvalue weighted by molar-refractivity contribution is 5.81. The van der Waals surface area contributed by atoms with E-state index in [-0.39, 0.29) is 11.6 Å². The molecular weight excluding hydrogens is 242 g/mol. The summed E-state index contributed by atoms with van der Waals surface area (Å²) in [6, 6.07) is 0.457. The van der Waals surface area contributed by atoms with Crippen molar-refractivity contribution in [2.75, 3.05) is 13.2 Å². The molecule has 4 nitrogen and oxygen atoms in total. The molecule has 2 fully saturated rings. The van der Waals surface area contributed by atoms with Gasteiger partial charge in [-0.2, -0.15) is 0 Å². The van der Waals surface area contributed by atoms with Gasteiger partial charge in [0.25, 0.3) is 0 Å². The molecule has 1 aliphatic heterocycles. The van der Waals surface area contributed by atoms with Gasteiger partial charge in [-0.1, -0.05) is 12.8 Å². The highest BCUT2D eigenvalue weighted by Crippen LogP contribution is 2.35. The highest BCUT2D eigenvalue weighted by atomic mass is 16.5. The van der Waals surface area contributed by atoms with Crippen molar-refractivity contribution in [3.63, 3.8) is 0 Å². The number of ether oxygens (including phenoxy) is 2. The van der Waals surface area contributed by atoms with Crippen molar-refractivity contribution in [1.82, 2.24) is 5.32 Å². The molecule has 1 unspecified atom stereocenters. The molecule has 0 radical (unpaired) electrons. The quantitative estimate of drug-likeness (QED) is 0.796. The Kier molecular flexibility index (Phi) is 4.51. The molecule has 1 heterocycles. The minimum atomic E-state index is -0.549. The maximum absolute atomic E-state index is 12.5. The van der Waals surface area contributed by atoms with Gasteiger partial charge in [-0.3, -0.25) is 10.1 Å². The first-order valence-electron chi connectivity index (χ1n) is 7.56. The molecule has 0 bridgehead atoms. The highest BCUT2D eigenvalue weighted by Gasteiger charge is 2.48. The van der Waals surface area contributed by atoms with Gasteiger partial charge in [0.2, 0.25) is 0 Å². The van der Waals surface area contributed by atoms with Gasteiger partial charge in [-0.05, 0) is 40.0 Å². The monoisotopic (exact) mass is 269 g/mol. The fourth-order valence-corrected chi connectivity index (χ4v) is 3.45. The lowest BCUT2D eigenvalue weighted by atomic mass is 9.80. The fraction of sp³-hybridized carbons (Fsp3) is 0.933. The van der Waals surface area contributed by atoms with Crippen LogP contribution < -0.4 is 5.32 Å². The lowest BCUT2D eigenvalue weighted by Crippen LogP contribution is -2.62. The van der Waals surface area contributed by atoms with E-state index in [1.807, 2.05) is 6.92 Å². The Bertz CT molecular complexity index is 323. The second kappa shape index (κ2) is 5.80. The predicted octanol–water partition coefficient (Wildman–Crippen LogP) is 2.41. The molecule has 1 N–H and O–H groups in total. The number of carbonyl (C=O) groups is 1. The largest absolute Gasteiger partial charge is 0.465 e. The maximum atomic E-state index is 12.5. The molecule has 0 aromatic rings. The Morgan fingerprint density at radius 2 is 2.05 bits per heavy atom. The third-order valence-corrected chi connectivity index (χ3v) is 4.25. The molecule has 1 atom stereocenters. The Hall–Kier alpha value is -0.610. The van der Waals surface area contributed by atoms with Crippen LogP contribution in [0, 0.1) is 0 Å². The van der Waals surface area contributed by atoms with Crippen molar-refractivity contribution in [3.05, 3.63) is 0 Å². The lowest BCUT2D eigenvalue weighted by molar-refractivity contribution is -0.164. The molecule has 0 amide bonds. The number of nitrogens with one attached hydrogen (secondary N) is 1. The van der Waals surface area contributed by atoms with Crippen molar-refractivity contribution in [2.45, 2.75) is 76.5 Å². The van der Waals surface area contributed by atoms with Crippen molar-refractivity contribution in [2.24, 2.45) is 0 Å². The molecule has 4 heteroatoms. The van der Waals surface area contributed by atoms with Crippen molar-refractivity contribution in [3.8, 4) is 0 Å². The van der Waals surface area contributed by atoms with Crippen molar-refractivity contribution in [1.29, 1.82) is 0 Å². The van der Waals surface area contributed by atoms with E-state index in [1.54, 1.807) is 0 Å². The van der Waals surface area contributed by atoms with Gasteiger partial charge >= 0.3 is 5.97 Å². The summed E-state index contributed by atoms with van der Waals surface area (Å²) in [5.74, 6) is -0.0988. The summed E-state index contributed by atoms with van der Waals surface area (Å²) in [7, 11) is 0. The SMILES string of the molecule is CCOC(=O)C1(NC2CCCC2)CCOC(C)(C)C1. The average molecular weight is 269 g/mol. The van der Waals surface area contributed by atoms with E-state index in [1.165, 1.54) is 25.7 Å². The third kappa shape index (κ3) is 3.48. The van der Waals surface area contributed by atoms with Crippen LogP contribution in [0.3, 0.4) is 0 Å². The topological polar surface area (TPSA) is 47.6 Å². The molecule has 0 aromatic carbocycles. The van der Waals surface area contributed by atoms with Crippen LogP contribution in [0.1, 0.15) is 59.3 Å². The summed E-state index contributed by atoms with van der Waals surface area (Å²) in [4.78, 5) is 12.5. The molecule has 110 valence electrons. The van der Waals surface area contributed by atoms with Crippen LogP contribution in [-0.2, 0) is 14.3 Å². The minimum absolute atomic E-state index is 0.0988. The standard InChI is InChI=1S/C15H27NO3/c1-4-18-13(17)15(16-12-7-5-6-8-12)9-10-19-14(2,3)11-15/h12,16H,4-11H2,1-3H3. The first kappa shape index (κ1) is 14.8. The van der Waals surface area contributed by atoms with E-state index in [0.29, 0.717) is 32.1 Å². The Labute approximate surface area is 116 Å². The van der Waals surface area contributed by atoms with Crippen LogP contribution >= 0.6 is 0 Å². The molecule has 0 spiro atoms. The van der Waals surface area contributed by atoms with Crippen molar-refractivity contribution < 1.29 is 14.3 Å². The van der Waals surface area contributed by atoms with Gasteiger partial charge in [-0.25, -0.2) is 0 Å². The van der Waals surface area contributed by atoms with Crippen LogP contribution in [0.5, 0.6) is 0 Å². The molecule has 1 saturated heterocycles. The molecule has 0 aromatic heterocycles. The number of rotatable bonds is 4. The third-order valence-electron chi connectivity index (χ3n) is 4.25. The van der Waals surface area contributed by atoms with Gasteiger partial charge in [0.05, 0.1) is 12.2 Å². The maximum Gasteiger partial charge on any atom is 0.326 e. The van der Waals surface area contributed by atoms with Crippen LogP contribution in [0.2, 0.25) is 0 Å². The molecular formula is C15H27NO3. The van der Waals surface area contributed by atoms with E-state index in [9.17, 15) is 4.79 Å². The number of hydrogen-bond donors (Lipinski definition) is 1. The van der Waals surface area contributed by atoms with E-state index < -0.39 is 5.54 Å². The Morgan fingerprint density at radius 1 is 1.37 bits per heavy atom. The average Bonchev–Trinajstić information content (AvgIpc) is 2.80. The Balaban J connectivity index is 2.13. The minimum Gasteiger partial charge on any atom is -0.465 e. The van der Waals surface area contributed by atoms with Crippen LogP contribution in [0.25, 0.3) is 0 Å². The zero-order valence-corrected chi connectivity index (χ0v) is 12.5. The van der Waals surface area contributed by atoms with Gasteiger partial charge in [0.15, 0.2) is 0 Å². The smallest absolute Gasteiger partial charge is 0.326 e. The summed E-state index contributed by atoms with van der Waals surface area (Å²) in [5.41, 5.74) is -0.816. The van der Waals surface area contributed by atoms with Crippen molar-refractivity contribution >= 4 is 5.97 Å². The summed E-state index contributed by atoms with van der Waals surface area (Å²) in [6.45, 7) is 7.03. The summed E-state index contributed by atoms with van der Waals surface area (Å²) < 4.78 is 11.1. The zero-order valence-electron chi connectivity index (χ0n) is 12.5. The van der Waals surface area contributed by atoms with Gasteiger partial charge in [0.1, 0.15) is 5.54 Å². The summed E-state index contributed by atoms with van der Waals surface area (Å²) >= 11 is 0. The normalized spacial score (nSPS) is 31.3. The second-order valence-electron chi connectivity index (χ2n) is 6.46. The van der Waals surface area contributed by atoms with Gasteiger partial charge < -0.3 is 9.47 Å².